The van der Waals surface area contributed by atoms with Crippen LogP contribution < -0.4 is 5.32 Å². The van der Waals surface area contributed by atoms with Crippen molar-refractivity contribution in [1.82, 2.24) is 9.80 Å². The molecule has 0 aromatic heterocycles. The van der Waals surface area contributed by atoms with Gasteiger partial charge in [0.25, 0.3) is 0 Å². The van der Waals surface area contributed by atoms with Crippen molar-refractivity contribution in [2.75, 3.05) is 44.7 Å². The van der Waals surface area contributed by atoms with Crippen LogP contribution in [0, 0.1) is 0 Å². The minimum Gasteiger partial charge on any atom is -0.379 e. The molecular formula is C25H30F3N3O2. The average Bonchev–Trinajstić information content (AvgIpc) is 2.81. The fourth-order valence-electron chi connectivity index (χ4n) is 4.55. The minimum atomic E-state index is -4.34. The van der Waals surface area contributed by atoms with E-state index in [-0.39, 0.29) is 18.5 Å². The lowest BCUT2D eigenvalue weighted by atomic mass is 9.94. The fourth-order valence-corrected chi connectivity index (χ4v) is 4.55. The number of nitrogens with one attached hydrogen (secondary N) is 1. The third kappa shape index (κ3) is 6.56. The van der Waals surface area contributed by atoms with Crippen LogP contribution in [0.25, 0.3) is 0 Å². The smallest absolute Gasteiger partial charge is 0.379 e. The first kappa shape index (κ1) is 23.7. The van der Waals surface area contributed by atoms with E-state index in [2.05, 4.69) is 15.1 Å². The van der Waals surface area contributed by atoms with E-state index < -0.39 is 11.7 Å². The molecule has 2 aromatic rings. The number of halogens is 3. The van der Waals surface area contributed by atoms with Gasteiger partial charge in [0.15, 0.2) is 0 Å². The molecule has 2 aromatic carbocycles. The molecule has 2 heterocycles. The van der Waals surface area contributed by atoms with Gasteiger partial charge in [-0.15, -0.1) is 0 Å². The van der Waals surface area contributed by atoms with E-state index in [1.807, 2.05) is 24.3 Å². The van der Waals surface area contributed by atoms with Crippen LogP contribution in [0.15, 0.2) is 48.5 Å². The van der Waals surface area contributed by atoms with Gasteiger partial charge in [0.1, 0.15) is 0 Å². The monoisotopic (exact) mass is 461 g/mol. The van der Waals surface area contributed by atoms with Crippen molar-refractivity contribution in [3.63, 3.8) is 0 Å². The summed E-state index contributed by atoms with van der Waals surface area (Å²) in [4.78, 5) is 17.1. The maximum atomic E-state index is 12.9. The standard InChI is InChI=1S/C25H30F3N3O2/c26-25(27,28)21-8-6-20(7-9-21)23-3-1-2-12-31(23)18-24(32)29-22-10-4-19(5-11-22)17-30-13-15-33-16-14-30/h4-11,23H,1-3,12-18H2,(H,29,32). The van der Waals surface area contributed by atoms with E-state index in [9.17, 15) is 18.0 Å². The quantitative estimate of drug-likeness (QED) is 0.677. The van der Waals surface area contributed by atoms with Gasteiger partial charge in [-0.05, 0) is 54.8 Å². The summed E-state index contributed by atoms with van der Waals surface area (Å²) in [6.45, 7) is 5.19. The van der Waals surface area contributed by atoms with Crippen LogP contribution in [0.2, 0.25) is 0 Å². The SMILES string of the molecule is O=C(CN1CCCCC1c1ccc(C(F)(F)F)cc1)Nc1ccc(CN2CCOCC2)cc1. The molecule has 0 bridgehead atoms. The highest BCUT2D eigenvalue weighted by Crippen LogP contribution is 2.34. The highest BCUT2D eigenvalue weighted by atomic mass is 19.4. The number of anilines is 1. The second-order valence-corrected chi connectivity index (χ2v) is 8.74. The van der Waals surface area contributed by atoms with Gasteiger partial charge in [0.05, 0.1) is 25.3 Å². The van der Waals surface area contributed by atoms with E-state index in [1.165, 1.54) is 17.7 Å². The van der Waals surface area contributed by atoms with Gasteiger partial charge in [-0.25, -0.2) is 0 Å². The Bertz CT molecular complexity index is 910. The second kappa shape index (κ2) is 10.7. The molecule has 2 saturated heterocycles. The second-order valence-electron chi connectivity index (χ2n) is 8.74. The number of ether oxygens (including phenoxy) is 1. The van der Waals surface area contributed by atoms with Gasteiger partial charge >= 0.3 is 6.18 Å². The highest BCUT2D eigenvalue weighted by Gasteiger charge is 2.31. The van der Waals surface area contributed by atoms with E-state index in [1.54, 1.807) is 0 Å². The summed E-state index contributed by atoms with van der Waals surface area (Å²) in [5.74, 6) is -0.116. The predicted molar refractivity (Wildman–Crippen MR) is 121 cm³/mol. The molecule has 0 aliphatic carbocycles. The largest absolute Gasteiger partial charge is 0.416 e. The summed E-state index contributed by atoms with van der Waals surface area (Å²) < 4.78 is 44.0. The van der Waals surface area contributed by atoms with Crippen LogP contribution >= 0.6 is 0 Å². The fraction of sp³-hybridized carbons (Fsp3) is 0.480. The molecule has 178 valence electrons. The van der Waals surface area contributed by atoms with Gasteiger partial charge in [0, 0.05) is 31.4 Å². The first-order chi connectivity index (χ1) is 15.9. The van der Waals surface area contributed by atoms with Crippen molar-refractivity contribution in [3.8, 4) is 0 Å². The number of likely N-dealkylation sites (tertiary alicyclic amines) is 1. The first-order valence-electron chi connectivity index (χ1n) is 11.5. The van der Waals surface area contributed by atoms with Crippen molar-refractivity contribution in [2.24, 2.45) is 0 Å². The number of piperidine rings is 1. The number of nitrogens with zero attached hydrogens (tertiary/aromatic N) is 2. The zero-order chi connectivity index (χ0) is 23.3. The lowest BCUT2D eigenvalue weighted by Crippen LogP contribution is -2.39. The number of rotatable bonds is 6. The maximum Gasteiger partial charge on any atom is 0.416 e. The van der Waals surface area contributed by atoms with Gasteiger partial charge in [-0.1, -0.05) is 30.7 Å². The summed E-state index contributed by atoms with van der Waals surface area (Å²) in [6, 6.07) is 13.2. The molecule has 0 saturated carbocycles. The molecule has 33 heavy (non-hydrogen) atoms. The zero-order valence-corrected chi connectivity index (χ0v) is 18.6. The molecule has 1 atom stereocenters. The number of carbonyl (C=O) groups excluding carboxylic acids is 1. The Kier molecular flexibility index (Phi) is 7.67. The van der Waals surface area contributed by atoms with Crippen LogP contribution in [-0.4, -0.2) is 55.1 Å². The molecule has 2 fully saturated rings. The topological polar surface area (TPSA) is 44.8 Å². The van der Waals surface area contributed by atoms with E-state index in [4.69, 9.17) is 4.74 Å². The summed E-state index contributed by atoms with van der Waals surface area (Å²) in [5, 5.41) is 2.96. The molecule has 1 amide bonds. The van der Waals surface area contributed by atoms with Crippen molar-refractivity contribution < 1.29 is 22.7 Å². The first-order valence-corrected chi connectivity index (χ1v) is 11.5. The number of hydrogen-bond acceptors (Lipinski definition) is 4. The van der Waals surface area contributed by atoms with Crippen molar-refractivity contribution >= 4 is 11.6 Å². The number of amides is 1. The van der Waals surface area contributed by atoms with E-state index in [0.29, 0.717) is 0 Å². The molecule has 1 unspecified atom stereocenters. The number of benzene rings is 2. The van der Waals surface area contributed by atoms with Crippen LogP contribution in [-0.2, 0) is 22.3 Å². The lowest BCUT2D eigenvalue weighted by molar-refractivity contribution is -0.137. The molecule has 4 rings (SSSR count). The van der Waals surface area contributed by atoms with Crippen LogP contribution in [0.1, 0.15) is 42.0 Å². The zero-order valence-electron chi connectivity index (χ0n) is 18.6. The molecule has 8 heteroatoms. The Labute approximate surface area is 192 Å². The molecule has 5 nitrogen and oxygen atoms in total. The van der Waals surface area contributed by atoms with Gasteiger partial charge < -0.3 is 10.1 Å². The van der Waals surface area contributed by atoms with E-state index >= 15 is 0 Å². The van der Waals surface area contributed by atoms with Crippen molar-refractivity contribution in [2.45, 2.75) is 38.0 Å². The molecular weight excluding hydrogens is 431 g/mol. The minimum absolute atomic E-state index is 0.0531. The third-order valence-corrected chi connectivity index (χ3v) is 6.33. The Hall–Kier alpha value is -2.42. The van der Waals surface area contributed by atoms with Crippen LogP contribution in [0.4, 0.5) is 18.9 Å². The molecule has 0 radical (unpaired) electrons. The summed E-state index contributed by atoms with van der Waals surface area (Å²) in [5.41, 5.74) is 2.11. The third-order valence-electron chi connectivity index (χ3n) is 6.33. The summed E-state index contributed by atoms with van der Waals surface area (Å²) >= 11 is 0. The van der Waals surface area contributed by atoms with Crippen LogP contribution in [0.5, 0.6) is 0 Å². The van der Waals surface area contributed by atoms with Crippen molar-refractivity contribution in [1.29, 1.82) is 0 Å². The number of morpholine rings is 1. The molecule has 0 spiro atoms. The van der Waals surface area contributed by atoms with E-state index in [0.717, 1.165) is 82.0 Å². The summed E-state index contributed by atoms with van der Waals surface area (Å²) in [6.07, 6.45) is -1.55. The Morgan fingerprint density at radius 3 is 2.33 bits per heavy atom. The Morgan fingerprint density at radius 2 is 1.67 bits per heavy atom. The number of hydrogen-bond donors (Lipinski definition) is 1. The average molecular weight is 462 g/mol. The lowest BCUT2D eigenvalue weighted by Gasteiger charge is -2.35. The molecule has 2 aliphatic heterocycles. The Morgan fingerprint density at radius 1 is 0.970 bits per heavy atom. The maximum absolute atomic E-state index is 12.9. The van der Waals surface area contributed by atoms with Crippen molar-refractivity contribution in [3.05, 3.63) is 65.2 Å². The number of alkyl halides is 3. The normalized spacial score (nSPS) is 20.5. The van der Waals surface area contributed by atoms with Gasteiger partial charge in [-0.3, -0.25) is 14.6 Å². The predicted octanol–water partition coefficient (Wildman–Crippen LogP) is 4.70. The molecule has 1 N–H and O–H groups in total. The van der Waals surface area contributed by atoms with Crippen LogP contribution in [0.3, 0.4) is 0 Å². The summed E-state index contributed by atoms with van der Waals surface area (Å²) in [7, 11) is 0. The van der Waals surface area contributed by atoms with Gasteiger partial charge in [0.2, 0.25) is 5.91 Å². The Balaban J connectivity index is 1.33. The number of carbonyl (C=O) groups is 1. The molecule has 2 aliphatic rings. The van der Waals surface area contributed by atoms with Gasteiger partial charge in [-0.2, -0.15) is 13.2 Å². The highest BCUT2D eigenvalue weighted by molar-refractivity contribution is 5.92.